The summed E-state index contributed by atoms with van der Waals surface area (Å²) in [5.41, 5.74) is 7.68. The van der Waals surface area contributed by atoms with E-state index in [2.05, 4.69) is 4.98 Å². The monoisotopic (exact) mass is 387 g/mol. The molecule has 1 heterocycles. The third-order valence-corrected chi connectivity index (χ3v) is 4.67. The van der Waals surface area contributed by atoms with Crippen molar-refractivity contribution in [1.82, 2.24) is 9.55 Å². The van der Waals surface area contributed by atoms with Crippen LogP contribution < -0.4 is 5.73 Å². The van der Waals surface area contributed by atoms with Crippen molar-refractivity contribution in [2.75, 3.05) is 0 Å². The van der Waals surface area contributed by atoms with Crippen molar-refractivity contribution in [3.8, 4) is 0 Å². The van der Waals surface area contributed by atoms with Gasteiger partial charge < -0.3 is 10.3 Å². The minimum absolute atomic E-state index is 0.318. The smallest absolute Gasteiger partial charge is 0.221 e. The highest BCUT2D eigenvalue weighted by Gasteiger charge is 2.19. The molecule has 6 heteroatoms. The summed E-state index contributed by atoms with van der Waals surface area (Å²) in [5.74, 6) is 0.163. The van der Waals surface area contributed by atoms with E-state index >= 15 is 0 Å². The number of hydrogen-bond acceptors (Lipinski definition) is 2. The van der Waals surface area contributed by atoms with Gasteiger partial charge in [-0.3, -0.25) is 4.79 Å². The molecule has 0 radical (unpaired) electrons. The van der Waals surface area contributed by atoms with Crippen LogP contribution in [0.1, 0.15) is 17.0 Å². The molecular weight excluding hydrogens is 369 g/mol. The summed E-state index contributed by atoms with van der Waals surface area (Å²) < 4.78 is 1.99. The average Bonchev–Trinajstić information content (AvgIpc) is 3.01. The Kier molecular flexibility index (Phi) is 5.96. The summed E-state index contributed by atoms with van der Waals surface area (Å²) in [4.78, 5) is 16.3. The molecule has 0 fully saturated rings. The maximum atomic E-state index is 11.9. The summed E-state index contributed by atoms with van der Waals surface area (Å²) in [6.45, 7) is 0.576. The second kappa shape index (κ2) is 8.39. The first-order valence-corrected chi connectivity index (χ1v) is 9.05. The van der Waals surface area contributed by atoms with E-state index in [9.17, 15) is 4.79 Å². The Morgan fingerprint density at radius 2 is 1.73 bits per heavy atom. The second-order valence-electron chi connectivity index (χ2n) is 6.24. The van der Waals surface area contributed by atoms with Crippen LogP contribution in [0.4, 0.5) is 0 Å². The molecule has 0 aliphatic rings. The topological polar surface area (TPSA) is 60.9 Å². The molecule has 0 spiro atoms. The Morgan fingerprint density at radius 3 is 2.38 bits per heavy atom. The minimum Gasteiger partial charge on any atom is -0.369 e. The van der Waals surface area contributed by atoms with Crippen molar-refractivity contribution in [3.05, 3.63) is 87.9 Å². The first-order valence-electron chi connectivity index (χ1n) is 8.29. The van der Waals surface area contributed by atoms with Crippen LogP contribution in [-0.4, -0.2) is 15.5 Å². The molecule has 3 aromatic rings. The van der Waals surface area contributed by atoms with Crippen LogP contribution in [-0.2, 0) is 24.2 Å². The van der Waals surface area contributed by atoms with Gasteiger partial charge in [-0.05, 0) is 35.7 Å². The number of benzene rings is 2. The number of rotatable bonds is 7. The lowest BCUT2D eigenvalue weighted by Gasteiger charge is -2.15. The average molecular weight is 388 g/mol. The van der Waals surface area contributed by atoms with Crippen molar-refractivity contribution >= 4 is 29.1 Å². The van der Waals surface area contributed by atoms with E-state index in [4.69, 9.17) is 28.9 Å². The van der Waals surface area contributed by atoms with Crippen molar-refractivity contribution in [2.45, 2.75) is 19.4 Å². The minimum atomic E-state index is -0.325. The molecule has 3 rings (SSSR count). The van der Waals surface area contributed by atoms with Crippen LogP contribution in [0, 0.1) is 5.92 Å². The van der Waals surface area contributed by atoms with Crippen molar-refractivity contribution in [2.24, 2.45) is 11.7 Å². The molecule has 0 saturated carbocycles. The number of primary amides is 1. The zero-order valence-corrected chi connectivity index (χ0v) is 15.6. The third-order valence-electron chi connectivity index (χ3n) is 4.23. The molecule has 26 heavy (non-hydrogen) atoms. The standard InChI is InChI=1S/C20H19Cl2N3O/c21-17-9-15(10-18(22)12-17)13-25-7-6-24-19(25)11-16(20(23)26)8-14-4-2-1-3-5-14/h1-7,9-10,12,16H,8,11,13H2,(H2,23,26). The zero-order valence-electron chi connectivity index (χ0n) is 14.1. The summed E-state index contributed by atoms with van der Waals surface area (Å²) in [6.07, 6.45) is 4.67. The zero-order chi connectivity index (χ0) is 18.5. The number of nitrogens with zero attached hydrogens (tertiary/aromatic N) is 2. The van der Waals surface area contributed by atoms with E-state index < -0.39 is 0 Å². The van der Waals surface area contributed by atoms with Gasteiger partial charge in [0.15, 0.2) is 0 Å². The maximum absolute atomic E-state index is 11.9. The molecule has 0 bridgehead atoms. The quantitative estimate of drug-likeness (QED) is 0.662. The largest absolute Gasteiger partial charge is 0.369 e. The van der Waals surface area contributed by atoms with Crippen molar-refractivity contribution in [3.63, 3.8) is 0 Å². The number of halogens is 2. The Bertz CT molecular complexity index is 873. The fraction of sp³-hybridized carbons (Fsp3) is 0.200. The Morgan fingerprint density at radius 1 is 1.04 bits per heavy atom. The van der Waals surface area contributed by atoms with Crippen LogP contribution >= 0.6 is 23.2 Å². The lowest BCUT2D eigenvalue weighted by atomic mass is 9.95. The van der Waals surface area contributed by atoms with Crippen LogP contribution in [0.25, 0.3) is 0 Å². The predicted octanol–water partition coefficient (Wildman–Crippen LogP) is 4.12. The van der Waals surface area contributed by atoms with Gasteiger partial charge in [-0.25, -0.2) is 4.98 Å². The highest BCUT2D eigenvalue weighted by atomic mass is 35.5. The van der Waals surface area contributed by atoms with Gasteiger partial charge in [-0.1, -0.05) is 53.5 Å². The SMILES string of the molecule is NC(=O)C(Cc1ccccc1)Cc1nccn1Cc1cc(Cl)cc(Cl)c1. The molecule has 0 saturated heterocycles. The number of imidazole rings is 1. The Labute approximate surface area is 162 Å². The molecule has 1 aromatic heterocycles. The molecule has 2 N–H and O–H groups in total. The number of aromatic nitrogens is 2. The first kappa shape index (κ1) is 18.5. The molecule has 1 unspecified atom stereocenters. The Hall–Kier alpha value is -2.30. The molecular formula is C20H19Cl2N3O. The normalized spacial score (nSPS) is 12.1. The summed E-state index contributed by atoms with van der Waals surface area (Å²) >= 11 is 12.2. The fourth-order valence-electron chi connectivity index (χ4n) is 2.97. The number of hydrogen-bond donors (Lipinski definition) is 1. The van der Waals surface area contributed by atoms with Crippen molar-refractivity contribution < 1.29 is 4.79 Å². The fourth-order valence-corrected chi connectivity index (χ4v) is 3.54. The van der Waals surface area contributed by atoms with E-state index in [0.717, 1.165) is 17.0 Å². The van der Waals surface area contributed by atoms with E-state index in [1.54, 1.807) is 12.3 Å². The van der Waals surface area contributed by atoms with Gasteiger partial charge in [0.25, 0.3) is 0 Å². The van der Waals surface area contributed by atoms with Crippen LogP contribution in [0.5, 0.6) is 0 Å². The summed E-state index contributed by atoms with van der Waals surface area (Å²) in [7, 11) is 0. The molecule has 134 valence electrons. The van der Waals surface area contributed by atoms with Crippen molar-refractivity contribution in [1.29, 1.82) is 0 Å². The first-order chi connectivity index (χ1) is 12.5. The molecule has 0 aliphatic carbocycles. The molecule has 1 atom stereocenters. The van der Waals surface area contributed by atoms with E-state index in [0.29, 0.717) is 29.4 Å². The number of carbonyl (C=O) groups is 1. The maximum Gasteiger partial charge on any atom is 0.221 e. The summed E-state index contributed by atoms with van der Waals surface area (Å²) in [5, 5.41) is 1.18. The highest BCUT2D eigenvalue weighted by Crippen LogP contribution is 2.21. The predicted molar refractivity (Wildman–Crippen MR) is 104 cm³/mol. The van der Waals surface area contributed by atoms with E-state index in [1.165, 1.54) is 0 Å². The molecule has 0 aliphatic heterocycles. The summed E-state index contributed by atoms with van der Waals surface area (Å²) in [6, 6.07) is 15.3. The highest BCUT2D eigenvalue weighted by molar-refractivity contribution is 6.34. The van der Waals surface area contributed by atoms with Gasteiger partial charge in [0, 0.05) is 41.3 Å². The number of amides is 1. The van der Waals surface area contributed by atoms with Gasteiger partial charge in [-0.15, -0.1) is 0 Å². The van der Waals surface area contributed by atoms with Crippen LogP contribution in [0.2, 0.25) is 10.0 Å². The number of nitrogens with two attached hydrogens (primary N) is 1. The van der Waals surface area contributed by atoms with Gasteiger partial charge in [0.1, 0.15) is 5.82 Å². The molecule has 4 nitrogen and oxygen atoms in total. The van der Waals surface area contributed by atoms with Crippen LogP contribution in [0.15, 0.2) is 60.9 Å². The van der Waals surface area contributed by atoms with Gasteiger partial charge in [0.05, 0.1) is 0 Å². The molecule has 1 amide bonds. The van der Waals surface area contributed by atoms with Gasteiger partial charge in [0.2, 0.25) is 5.91 Å². The van der Waals surface area contributed by atoms with Gasteiger partial charge in [-0.2, -0.15) is 0 Å². The lowest BCUT2D eigenvalue weighted by Crippen LogP contribution is -2.28. The lowest BCUT2D eigenvalue weighted by molar-refractivity contribution is -0.121. The molecule has 2 aromatic carbocycles. The van der Waals surface area contributed by atoms with E-state index in [-0.39, 0.29) is 11.8 Å². The van der Waals surface area contributed by atoms with Crippen LogP contribution in [0.3, 0.4) is 0 Å². The Balaban J connectivity index is 1.77. The number of carbonyl (C=O) groups excluding carboxylic acids is 1. The van der Waals surface area contributed by atoms with E-state index in [1.807, 2.05) is 53.2 Å². The van der Waals surface area contributed by atoms with Gasteiger partial charge >= 0.3 is 0 Å². The second-order valence-corrected chi connectivity index (χ2v) is 7.12. The third kappa shape index (κ3) is 4.87.